The van der Waals surface area contributed by atoms with Gasteiger partial charge in [0.2, 0.25) is 5.91 Å². The fraction of sp³-hybridized carbons (Fsp3) is 0.368. The van der Waals surface area contributed by atoms with Crippen molar-refractivity contribution in [3.8, 4) is 0 Å². The molecule has 24 heavy (non-hydrogen) atoms. The Morgan fingerprint density at radius 3 is 2.96 bits per heavy atom. The largest absolute Gasteiger partial charge is 0.309 e. The van der Waals surface area contributed by atoms with Crippen LogP contribution in [-0.4, -0.2) is 28.8 Å². The zero-order valence-electron chi connectivity index (χ0n) is 13.5. The number of hydrogen-bond acceptors (Lipinski definition) is 4. The lowest BCUT2D eigenvalue weighted by Gasteiger charge is -2.35. The van der Waals surface area contributed by atoms with Crippen molar-refractivity contribution in [3.63, 3.8) is 0 Å². The van der Waals surface area contributed by atoms with Crippen LogP contribution in [0.3, 0.4) is 0 Å². The number of pyridine rings is 2. The van der Waals surface area contributed by atoms with Crippen molar-refractivity contribution < 1.29 is 4.79 Å². The molecule has 120 valence electrons. The summed E-state index contributed by atoms with van der Waals surface area (Å²) in [6.07, 6.45) is 5.70. The van der Waals surface area contributed by atoms with Gasteiger partial charge in [-0.3, -0.25) is 19.8 Å². The summed E-state index contributed by atoms with van der Waals surface area (Å²) in [5.74, 6) is 1.14. The molecule has 1 N–H and O–H groups in total. The Balaban J connectivity index is 1.80. The minimum atomic E-state index is -0.724. The van der Waals surface area contributed by atoms with Crippen LogP contribution in [0.15, 0.2) is 35.5 Å². The fourth-order valence-electron chi connectivity index (χ4n) is 4.11. The second-order valence-corrected chi connectivity index (χ2v) is 6.84. The highest BCUT2D eigenvalue weighted by atomic mass is 16.2. The quantitative estimate of drug-likeness (QED) is 0.875. The summed E-state index contributed by atoms with van der Waals surface area (Å²) >= 11 is 0. The molecule has 2 aromatic rings. The molecule has 5 heteroatoms. The number of rotatable bonds is 1. The maximum absolute atomic E-state index is 13.2. The number of aliphatic imine (C=N–C) groups is 1. The van der Waals surface area contributed by atoms with E-state index in [1.165, 1.54) is 12.8 Å². The maximum Gasteiger partial charge on any atom is 0.242 e. The van der Waals surface area contributed by atoms with Gasteiger partial charge in [0.1, 0.15) is 11.3 Å². The predicted molar refractivity (Wildman–Crippen MR) is 90.2 cm³/mol. The van der Waals surface area contributed by atoms with Gasteiger partial charge in [-0.2, -0.15) is 0 Å². The van der Waals surface area contributed by atoms with Crippen molar-refractivity contribution in [1.82, 2.24) is 15.3 Å². The van der Waals surface area contributed by atoms with Gasteiger partial charge < -0.3 is 5.32 Å². The molecular formula is C19H18N4O. The number of fused-ring (bicyclic) bond motifs is 4. The van der Waals surface area contributed by atoms with E-state index in [1.54, 1.807) is 13.2 Å². The van der Waals surface area contributed by atoms with Gasteiger partial charge in [0.15, 0.2) is 0 Å². The van der Waals surface area contributed by atoms with Crippen LogP contribution in [-0.2, 0) is 16.6 Å². The summed E-state index contributed by atoms with van der Waals surface area (Å²) in [5, 5.41) is 3.00. The summed E-state index contributed by atoms with van der Waals surface area (Å²) in [7, 11) is 1.70. The molecule has 2 aliphatic carbocycles. The van der Waals surface area contributed by atoms with Gasteiger partial charge in [0.05, 0.1) is 5.69 Å². The first kappa shape index (κ1) is 13.8. The zero-order valence-corrected chi connectivity index (χ0v) is 13.5. The molecule has 5 rings (SSSR count). The molecular weight excluding hydrogens is 300 g/mol. The van der Waals surface area contributed by atoms with Gasteiger partial charge in [0, 0.05) is 36.1 Å². The number of nitrogens with zero attached hydrogens (tertiary/aromatic N) is 3. The van der Waals surface area contributed by atoms with Gasteiger partial charge >= 0.3 is 0 Å². The molecule has 0 aromatic carbocycles. The lowest BCUT2D eigenvalue weighted by molar-refractivity contribution is -0.124. The van der Waals surface area contributed by atoms with Gasteiger partial charge in [0.25, 0.3) is 0 Å². The van der Waals surface area contributed by atoms with E-state index < -0.39 is 5.41 Å². The fourth-order valence-corrected chi connectivity index (χ4v) is 4.11. The molecule has 0 unspecified atom stereocenters. The maximum atomic E-state index is 13.2. The van der Waals surface area contributed by atoms with Crippen molar-refractivity contribution in [1.29, 1.82) is 0 Å². The van der Waals surface area contributed by atoms with E-state index in [9.17, 15) is 4.79 Å². The third-order valence-electron chi connectivity index (χ3n) is 5.50. The first-order valence-corrected chi connectivity index (χ1v) is 8.48. The lowest BCUT2D eigenvalue weighted by atomic mass is 9.73. The predicted octanol–water partition coefficient (Wildman–Crippen LogP) is 2.09. The van der Waals surface area contributed by atoms with Crippen molar-refractivity contribution >= 4 is 11.7 Å². The molecule has 0 radical (unpaired) electrons. The summed E-state index contributed by atoms with van der Waals surface area (Å²) in [6, 6.07) is 8.10. The Hall–Kier alpha value is -2.56. The Morgan fingerprint density at radius 1 is 1.29 bits per heavy atom. The highest BCUT2D eigenvalue weighted by Crippen LogP contribution is 2.47. The van der Waals surface area contributed by atoms with Gasteiger partial charge in [-0.1, -0.05) is 6.07 Å². The molecule has 1 atom stereocenters. The zero-order chi connectivity index (χ0) is 16.3. The third-order valence-corrected chi connectivity index (χ3v) is 5.50. The summed E-state index contributed by atoms with van der Waals surface area (Å²) in [6.45, 7) is 0. The number of amides is 1. The molecule has 3 heterocycles. The number of aryl methyl sites for hydroxylation is 1. The van der Waals surface area contributed by atoms with Crippen LogP contribution in [0.5, 0.6) is 0 Å². The van der Waals surface area contributed by atoms with Crippen LogP contribution in [0.2, 0.25) is 0 Å². The molecule has 2 aromatic heterocycles. The van der Waals surface area contributed by atoms with Crippen LogP contribution in [0.1, 0.15) is 53.4 Å². The Morgan fingerprint density at radius 2 is 2.17 bits per heavy atom. The van der Waals surface area contributed by atoms with Crippen LogP contribution >= 0.6 is 0 Å². The van der Waals surface area contributed by atoms with E-state index in [-0.39, 0.29) is 5.91 Å². The van der Waals surface area contributed by atoms with Crippen LogP contribution in [0.4, 0.5) is 0 Å². The van der Waals surface area contributed by atoms with Crippen molar-refractivity contribution in [3.05, 3.63) is 58.7 Å². The lowest BCUT2D eigenvalue weighted by Crippen LogP contribution is -2.52. The topological polar surface area (TPSA) is 67.2 Å². The molecule has 1 aliphatic heterocycles. The number of carbonyl (C=O) groups is 1. The molecule has 5 nitrogen and oxygen atoms in total. The summed E-state index contributed by atoms with van der Waals surface area (Å²) < 4.78 is 0. The average Bonchev–Trinajstić information content (AvgIpc) is 3.40. The summed E-state index contributed by atoms with van der Waals surface area (Å²) in [5.41, 5.74) is 4.20. The van der Waals surface area contributed by atoms with Gasteiger partial charge in [-0.25, -0.2) is 0 Å². The molecule has 1 fully saturated rings. The monoisotopic (exact) mass is 318 g/mol. The summed E-state index contributed by atoms with van der Waals surface area (Å²) in [4.78, 5) is 26.9. The van der Waals surface area contributed by atoms with E-state index in [0.29, 0.717) is 11.8 Å². The molecule has 1 spiro atoms. The van der Waals surface area contributed by atoms with Gasteiger partial charge in [-0.15, -0.1) is 0 Å². The van der Waals surface area contributed by atoms with Crippen LogP contribution in [0, 0.1) is 0 Å². The Bertz CT molecular complexity index is 900. The normalized spacial score (nSPS) is 26.4. The van der Waals surface area contributed by atoms with Crippen LogP contribution < -0.4 is 5.32 Å². The molecule has 3 aliphatic rings. The first-order valence-electron chi connectivity index (χ1n) is 8.48. The van der Waals surface area contributed by atoms with E-state index in [4.69, 9.17) is 4.98 Å². The number of hydrogen-bond donors (Lipinski definition) is 1. The number of aromatic nitrogens is 2. The number of carbonyl (C=O) groups excluding carboxylic acids is 1. The Labute approximate surface area is 140 Å². The van der Waals surface area contributed by atoms with E-state index >= 15 is 0 Å². The van der Waals surface area contributed by atoms with Crippen molar-refractivity contribution in [2.45, 2.75) is 37.0 Å². The molecule has 0 saturated heterocycles. The van der Waals surface area contributed by atoms with Crippen molar-refractivity contribution in [2.75, 3.05) is 7.05 Å². The first-order chi connectivity index (χ1) is 11.7. The molecule has 1 amide bonds. The number of nitrogens with one attached hydrogen (secondary N) is 1. The van der Waals surface area contributed by atoms with E-state index in [1.807, 2.05) is 12.1 Å². The minimum absolute atomic E-state index is 0.0252. The second-order valence-electron chi connectivity index (χ2n) is 6.84. The number of amidine groups is 1. The second kappa shape index (κ2) is 4.72. The minimum Gasteiger partial charge on any atom is -0.309 e. The van der Waals surface area contributed by atoms with Crippen LogP contribution in [0.25, 0.3) is 0 Å². The standard InChI is InChI=1S/C19H18N4O/c1-20-17-12-6-7-14(11-4-5-11)22-16(12)19(18(24)23-17)9-8-15-13(19)3-2-10-21-15/h2-3,6-7,10-11H,4-5,8-9H2,1H3,(H,20,23,24)/t19-/m1/s1. The molecule has 0 bridgehead atoms. The molecule has 1 saturated carbocycles. The van der Waals surface area contributed by atoms with Crippen molar-refractivity contribution in [2.24, 2.45) is 4.99 Å². The highest BCUT2D eigenvalue weighted by molar-refractivity contribution is 6.16. The average molecular weight is 318 g/mol. The smallest absolute Gasteiger partial charge is 0.242 e. The Kier molecular flexibility index (Phi) is 2.72. The third kappa shape index (κ3) is 1.70. The van der Waals surface area contributed by atoms with E-state index in [0.717, 1.165) is 41.1 Å². The highest BCUT2D eigenvalue weighted by Gasteiger charge is 2.53. The van der Waals surface area contributed by atoms with Gasteiger partial charge in [-0.05, 0) is 49.4 Å². The van der Waals surface area contributed by atoms with E-state index in [2.05, 4.69) is 27.4 Å². The SMILES string of the molecule is CN=C1NC(=O)[C@@]2(CCc3ncccc32)c2nc(C3CC3)ccc21.